The predicted molar refractivity (Wildman–Crippen MR) is 79.7 cm³/mol. The lowest BCUT2D eigenvalue weighted by Crippen LogP contribution is -2.44. The number of nitrogens with zero attached hydrogens (tertiary/aromatic N) is 1. The number of rotatable bonds is 8. The van der Waals surface area contributed by atoms with Crippen molar-refractivity contribution >= 4 is 11.8 Å². The van der Waals surface area contributed by atoms with Crippen molar-refractivity contribution in [1.82, 2.24) is 10.2 Å². The van der Waals surface area contributed by atoms with Crippen LogP contribution in [-0.4, -0.2) is 60.8 Å². The lowest BCUT2D eigenvalue weighted by atomic mass is 10.0. The molecule has 6 nitrogen and oxygen atoms in total. The third kappa shape index (κ3) is 6.01. The quantitative estimate of drug-likeness (QED) is 0.680. The van der Waals surface area contributed by atoms with E-state index in [1.807, 2.05) is 13.8 Å². The van der Waals surface area contributed by atoms with Crippen molar-refractivity contribution in [1.29, 1.82) is 0 Å². The number of hydrogen-bond acceptors (Lipinski definition) is 4. The largest absolute Gasteiger partial charge is 0.388 e. The van der Waals surface area contributed by atoms with E-state index in [-0.39, 0.29) is 30.7 Å². The highest BCUT2D eigenvalue weighted by Crippen LogP contribution is 2.19. The van der Waals surface area contributed by atoms with E-state index in [2.05, 4.69) is 5.32 Å². The van der Waals surface area contributed by atoms with E-state index in [9.17, 15) is 14.7 Å². The van der Waals surface area contributed by atoms with Gasteiger partial charge in [0.25, 0.3) is 0 Å². The van der Waals surface area contributed by atoms with Crippen LogP contribution in [-0.2, 0) is 14.3 Å². The Morgan fingerprint density at radius 1 is 1.57 bits per heavy atom. The first-order valence-corrected chi connectivity index (χ1v) is 7.52. The van der Waals surface area contributed by atoms with Gasteiger partial charge in [0.2, 0.25) is 11.8 Å². The Morgan fingerprint density at radius 2 is 2.24 bits per heavy atom. The Bertz CT molecular complexity index is 369. The third-order valence-corrected chi connectivity index (χ3v) is 3.66. The molecule has 0 aromatic heterocycles. The molecule has 2 N–H and O–H groups in total. The van der Waals surface area contributed by atoms with Crippen LogP contribution in [0.3, 0.4) is 0 Å². The van der Waals surface area contributed by atoms with Gasteiger partial charge >= 0.3 is 0 Å². The summed E-state index contributed by atoms with van der Waals surface area (Å²) in [7, 11) is 1.57. The summed E-state index contributed by atoms with van der Waals surface area (Å²) >= 11 is 0. The number of carbonyl (C=O) groups is 2. The van der Waals surface area contributed by atoms with E-state index in [0.29, 0.717) is 32.0 Å². The second-order valence-corrected chi connectivity index (χ2v) is 6.55. The van der Waals surface area contributed by atoms with Gasteiger partial charge in [-0.3, -0.25) is 9.59 Å². The molecule has 0 saturated carbocycles. The average molecular weight is 300 g/mol. The number of amides is 2. The molecule has 1 aliphatic heterocycles. The molecule has 2 atom stereocenters. The fraction of sp³-hybridized carbons (Fsp3) is 0.867. The van der Waals surface area contributed by atoms with E-state index in [4.69, 9.17) is 4.74 Å². The van der Waals surface area contributed by atoms with Crippen molar-refractivity contribution in [3.63, 3.8) is 0 Å². The SMILES string of the molecule is COCCC(C)(O)CNC(=O)C1CC(=O)N(CC(C)C)C1. The van der Waals surface area contributed by atoms with Crippen LogP contribution in [0, 0.1) is 11.8 Å². The summed E-state index contributed by atoms with van der Waals surface area (Å²) in [5, 5.41) is 12.8. The number of carbonyl (C=O) groups excluding carboxylic acids is 2. The fourth-order valence-corrected chi connectivity index (χ4v) is 2.40. The van der Waals surface area contributed by atoms with Gasteiger partial charge < -0.3 is 20.1 Å². The Morgan fingerprint density at radius 3 is 2.81 bits per heavy atom. The second kappa shape index (κ2) is 7.75. The van der Waals surface area contributed by atoms with Gasteiger partial charge in [-0.2, -0.15) is 0 Å². The molecule has 0 aromatic rings. The van der Waals surface area contributed by atoms with Crippen LogP contribution in [0.5, 0.6) is 0 Å². The van der Waals surface area contributed by atoms with Crippen LogP contribution >= 0.6 is 0 Å². The van der Waals surface area contributed by atoms with Crippen LogP contribution in [0.25, 0.3) is 0 Å². The van der Waals surface area contributed by atoms with Gasteiger partial charge in [-0.25, -0.2) is 0 Å². The van der Waals surface area contributed by atoms with E-state index >= 15 is 0 Å². The average Bonchev–Trinajstić information content (AvgIpc) is 2.75. The predicted octanol–water partition coefficient (Wildman–Crippen LogP) is 0.395. The summed E-state index contributed by atoms with van der Waals surface area (Å²) in [4.78, 5) is 25.7. The summed E-state index contributed by atoms with van der Waals surface area (Å²) < 4.78 is 4.93. The van der Waals surface area contributed by atoms with E-state index in [1.165, 1.54) is 0 Å². The third-order valence-electron chi connectivity index (χ3n) is 3.66. The van der Waals surface area contributed by atoms with Gasteiger partial charge in [0.1, 0.15) is 0 Å². The van der Waals surface area contributed by atoms with Gasteiger partial charge in [-0.05, 0) is 12.8 Å². The molecule has 1 rings (SSSR count). The molecule has 0 radical (unpaired) electrons. The monoisotopic (exact) mass is 300 g/mol. The molecule has 6 heteroatoms. The van der Waals surface area contributed by atoms with Crippen LogP contribution in [0.15, 0.2) is 0 Å². The second-order valence-electron chi connectivity index (χ2n) is 6.55. The summed E-state index contributed by atoms with van der Waals surface area (Å²) in [6.45, 7) is 7.53. The first kappa shape index (κ1) is 17.9. The van der Waals surface area contributed by atoms with Crippen LogP contribution < -0.4 is 5.32 Å². The number of aliphatic hydroxyl groups is 1. The Hall–Kier alpha value is -1.14. The molecule has 0 bridgehead atoms. The topological polar surface area (TPSA) is 78.9 Å². The van der Waals surface area contributed by atoms with Crippen molar-refractivity contribution in [2.24, 2.45) is 11.8 Å². The van der Waals surface area contributed by atoms with Crippen LogP contribution in [0.2, 0.25) is 0 Å². The zero-order valence-corrected chi connectivity index (χ0v) is 13.5. The van der Waals surface area contributed by atoms with Gasteiger partial charge in [0, 0.05) is 46.2 Å². The zero-order valence-electron chi connectivity index (χ0n) is 13.5. The number of ether oxygens (including phenoxy) is 1. The minimum Gasteiger partial charge on any atom is -0.388 e. The molecule has 1 saturated heterocycles. The highest BCUT2D eigenvalue weighted by Gasteiger charge is 2.35. The molecule has 1 aliphatic rings. The molecule has 0 aromatic carbocycles. The molecular formula is C15H28N2O4. The Labute approximate surface area is 126 Å². The van der Waals surface area contributed by atoms with Crippen LogP contribution in [0.1, 0.15) is 33.6 Å². The fourth-order valence-electron chi connectivity index (χ4n) is 2.40. The molecule has 21 heavy (non-hydrogen) atoms. The van der Waals surface area contributed by atoms with Crippen molar-refractivity contribution in [3.8, 4) is 0 Å². The van der Waals surface area contributed by atoms with Crippen molar-refractivity contribution in [3.05, 3.63) is 0 Å². The number of hydrogen-bond donors (Lipinski definition) is 2. The summed E-state index contributed by atoms with van der Waals surface area (Å²) in [5.74, 6) is -0.0395. The van der Waals surface area contributed by atoms with Gasteiger partial charge in [0.05, 0.1) is 11.5 Å². The first-order chi connectivity index (χ1) is 9.75. The van der Waals surface area contributed by atoms with Gasteiger partial charge in [-0.15, -0.1) is 0 Å². The normalized spacial score (nSPS) is 21.7. The maximum Gasteiger partial charge on any atom is 0.225 e. The molecule has 0 aliphatic carbocycles. The maximum absolute atomic E-state index is 12.1. The molecule has 2 amide bonds. The molecular weight excluding hydrogens is 272 g/mol. The first-order valence-electron chi connectivity index (χ1n) is 7.52. The van der Waals surface area contributed by atoms with Crippen molar-refractivity contribution in [2.75, 3.05) is 33.4 Å². The summed E-state index contributed by atoms with van der Waals surface area (Å²) in [6.07, 6.45) is 0.714. The maximum atomic E-state index is 12.1. The summed E-state index contributed by atoms with van der Waals surface area (Å²) in [5.41, 5.74) is -0.994. The standard InChI is InChI=1S/C15H28N2O4/c1-11(2)8-17-9-12(7-13(17)18)14(19)16-10-15(3,20)5-6-21-4/h11-12,20H,5-10H2,1-4H3,(H,16,19). The Kier molecular flexibility index (Phi) is 6.61. The molecule has 1 fully saturated rings. The number of methoxy groups -OCH3 is 1. The van der Waals surface area contributed by atoms with E-state index in [1.54, 1.807) is 18.9 Å². The zero-order chi connectivity index (χ0) is 16.0. The van der Waals surface area contributed by atoms with Crippen molar-refractivity contribution < 1.29 is 19.4 Å². The molecule has 2 unspecified atom stereocenters. The van der Waals surface area contributed by atoms with Gasteiger partial charge in [-0.1, -0.05) is 13.8 Å². The smallest absolute Gasteiger partial charge is 0.225 e. The minimum atomic E-state index is -0.994. The highest BCUT2D eigenvalue weighted by molar-refractivity contribution is 5.89. The van der Waals surface area contributed by atoms with Crippen LogP contribution in [0.4, 0.5) is 0 Å². The van der Waals surface area contributed by atoms with Gasteiger partial charge in [0.15, 0.2) is 0 Å². The molecule has 0 spiro atoms. The highest BCUT2D eigenvalue weighted by atomic mass is 16.5. The summed E-state index contributed by atoms with van der Waals surface area (Å²) in [6, 6.07) is 0. The van der Waals surface area contributed by atoms with Crippen molar-refractivity contribution in [2.45, 2.75) is 39.2 Å². The number of nitrogens with one attached hydrogen (secondary N) is 1. The Balaban J connectivity index is 2.41. The molecule has 122 valence electrons. The van der Waals surface area contributed by atoms with E-state index in [0.717, 1.165) is 0 Å². The number of likely N-dealkylation sites (tertiary alicyclic amines) is 1. The lowest BCUT2D eigenvalue weighted by molar-refractivity contribution is -0.129. The molecule has 1 heterocycles. The lowest BCUT2D eigenvalue weighted by Gasteiger charge is -2.24. The van der Waals surface area contributed by atoms with E-state index < -0.39 is 5.60 Å². The minimum absolute atomic E-state index is 0.0370.